The summed E-state index contributed by atoms with van der Waals surface area (Å²) >= 11 is 0. The largest absolute Gasteiger partial charge is 0.507 e. The Balaban J connectivity index is 1.48. The average Bonchev–Trinajstić information content (AvgIpc) is 2.74. The fourth-order valence-electron chi connectivity index (χ4n) is 3.50. The second kappa shape index (κ2) is 8.11. The van der Waals surface area contributed by atoms with Crippen molar-refractivity contribution in [3.05, 3.63) is 47.5 Å². The van der Waals surface area contributed by atoms with E-state index >= 15 is 0 Å². The summed E-state index contributed by atoms with van der Waals surface area (Å²) in [5.74, 6) is 0.567. The number of ether oxygens (including phenoxy) is 4. The van der Waals surface area contributed by atoms with Gasteiger partial charge in [-0.1, -0.05) is 12.1 Å². The highest BCUT2D eigenvalue weighted by atomic mass is 16.7. The Bertz CT molecular complexity index is 927. The van der Waals surface area contributed by atoms with E-state index in [2.05, 4.69) is 0 Å². The maximum atomic E-state index is 12.5. The minimum atomic E-state index is -1.40. The molecule has 5 unspecified atom stereocenters. The Morgan fingerprint density at radius 2 is 1.77 bits per heavy atom. The van der Waals surface area contributed by atoms with E-state index in [0.29, 0.717) is 17.1 Å². The summed E-state index contributed by atoms with van der Waals surface area (Å²) in [6.45, 7) is -0.158. The lowest BCUT2D eigenvalue weighted by Crippen LogP contribution is -2.54. The number of benzene rings is 2. The second-order valence-corrected chi connectivity index (χ2v) is 7.19. The highest BCUT2D eigenvalue weighted by Crippen LogP contribution is 2.42. The Labute approximate surface area is 172 Å². The smallest absolute Gasteiger partial charge is 0.228 e. The van der Waals surface area contributed by atoms with Crippen LogP contribution in [0.4, 0.5) is 0 Å². The van der Waals surface area contributed by atoms with Crippen LogP contribution >= 0.6 is 0 Å². The first-order valence-electron chi connectivity index (χ1n) is 9.40. The first-order valence-corrected chi connectivity index (χ1v) is 9.40. The van der Waals surface area contributed by atoms with Crippen LogP contribution in [0.15, 0.2) is 36.4 Å². The predicted molar refractivity (Wildman–Crippen MR) is 102 cm³/mol. The van der Waals surface area contributed by atoms with Gasteiger partial charge in [0.25, 0.3) is 0 Å². The molecule has 0 saturated carbocycles. The van der Waals surface area contributed by atoms with Crippen molar-refractivity contribution < 1.29 is 44.2 Å². The van der Waals surface area contributed by atoms with Crippen LogP contribution in [-0.2, 0) is 4.74 Å². The minimum absolute atomic E-state index is 0.0572. The van der Waals surface area contributed by atoms with Crippen LogP contribution in [0, 0.1) is 0 Å². The first-order chi connectivity index (χ1) is 14.4. The minimum Gasteiger partial charge on any atom is -0.507 e. The van der Waals surface area contributed by atoms with Gasteiger partial charge in [0.2, 0.25) is 6.29 Å². The Kier molecular flexibility index (Phi) is 5.52. The molecule has 1 saturated heterocycles. The topological polar surface area (TPSA) is 135 Å². The molecule has 9 heteroatoms. The zero-order valence-electron chi connectivity index (χ0n) is 16.1. The van der Waals surface area contributed by atoms with E-state index in [-0.39, 0.29) is 35.9 Å². The molecule has 0 spiro atoms. The van der Waals surface area contributed by atoms with Crippen molar-refractivity contribution in [1.29, 1.82) is 0 Å². The molecule has 0 radical (unpaired) electrons. The summed E-state index contributed by atoms with van der Waals surface area (Å²) in [4.78, 5) is 12.5. The van der Waals surface area contributed by atoms with Gasteiger partial charge in [0, 0.05) is 12.1 Å². The van der Waals surface area contributed by atoms with E-state index in [1.165, 1.54) is 13.2 Å². The summed E-state index contributed by atoms with van der Waals surface area (Å²) in [7, 11) is 1.45. The molecule has 9 nitrogen and oxygen atoms in total. The number of Topliss-reactive ketones (excluding diaryl/α,β-unsaturated/α-hetero) is 1. The second-order valence-electron chi connectivity index (χ2n) is 7.19. The van der Waals surface area contributed by atoms with E-state index < -0.39 is 30.7 Å². The third-order valence-corrected chi connectivity index (χ3v) is 5.17. The molecule has 0 aliphatic carbocycles. The van der Waals surface area contributed by atoms with Gasteiger partial charge in [0.15, 0.2) is 5.78 Å². The number of aliphatic hydroxyl groups excluding tert-OH is 3. The zero-order valence-corrected chi connectivity index (χ0v) is 16.1. The molecule has 4 rings (SSSR count). The first kappa shape index (κ1) is 20.4. The van der Waals surface area contributed by atoms with Gasteiger partial charge < -0.3 is 39.4 Å². The number of hydrogen-bond acceptors (Lipinski definition) is 9. The number of ketones is 1. The van der Waals surface area contributed by atoms with Gasteiger partial charge in [-0.25, -0.2) is 0 Å². The zero-order chi connectivity index (χ0) is 21.4. The lowest BCUT2D eigenvalue weighted by molar-refractivity contribution is -0.242. The SMILES string of the molecule is COc1cc(O)c2c(c1)OC(c1ccc(OC3OCC(O)C(O)C3O)cc1)CC2=O. The number of phenolic OH excluding ortho intramolecular Hbond substituents is 1. The highest BCUT2D eigenvalue weighted by molar-refractivity contribution is 6.02. The molecule has 2 aromatic rings. The van der Waals surface area contributed by atoms with E-state index in [0.717, 1.165) is 0 Å². The Morgan fingerprint density at radius 1 is 1.03 bits per heavy atom. The van der Waals surface area contributed by atoms with Crippen LogP contribution < -0.4 is 14.2 Å². The number of methoxy groups -OCH3 is 1. The molecule has 30 heavy (non-hydrogen) atoms. The highest BCUT2D eigenvalue weighted by Gasteiger charge is 2.39. The molecule has 2 aliphatic heterocycles. The van der Waals surface area contributed by atoms with Gasteiger partial charge in [-0.2, -0.15) is 0 Å². The number of aliphatic hydroxyl groups is 3. The van der Waals surface area contributed by atoms with Crippen LogP contribution in [0.25, 0.3) is 0 Å². The molecule has 2 aliphatic rings. The van der Waals surface area contributed by atoms with Crippen LogP contribution in [0.2, 0.25) is 0 Å². The maximum Gasteiger partial charge on any atom is 0.228 e. The quantitative estimate of drug-likeness (QED) is 0.572. The summed E-state index contributed by atoms with van der Waals surface area (Å²) in [5, 5.41) is 39.3. The van der Waals surface area contributed by atoms with Gasteiger partial charge in [-0.05, 0) is 17.7 Å². The summed E-state index contributed by atoms with van der Waals surface area (Å²) < 4.78 is 21.8. The van der Waals surface area contributed by atoms with Crippen molar-refractivity contribution in [3.63, 3.8) is 0 Å². The number of aromatic hydroxyl groups is 1. The van der Waals surface area contributed by atoms with Gasteiger partial charge in [0.05, 0.1) is 20.1 Å². The summed E-state index contributed by atoms with van der Waals surface area (Å²) in [6, 6.07) is 9.57. The molecule has 0 aromatic heterocycles. The Hall–Kier alpha value is -2.85. The number of phenols is 1. The van der Waals surface area contributed by atoms with Gasteiger partial charge in [0.1, 0.15) is 53.0 Å². The number of hydrogen-bond donors (Lipinski definition) is 4. The average molecular weight is 418 g/mol. The van der Waals surface area contributed by atoms with Crippen molar-refractivity contribution in [2.45, 2.75) is 37.1 Å². The molecule has 5 atom stereocenters. The summed E-state index contributed by atoms with van der Waals surface area (Å²) in [5.41, 5.74) is 0.848. The van der Waals surface area contributed by atoms with Crippen molar-refractivity contribution in [2.75, 3.05) is 13.7 Å². The molecule has 1 fully saturated rings. The van der Waals surface area contributed by atoms with E-state index in [4.69, 9.17) is 18.9 Å². The molecule has 4 N–H and O–H groups in total. The van der Waals surface area contributed by atoms with Crippen LogP contribution in [-0.4, -0.2) is 64.5 Å². The molecule has 0 bridgehead atoms. The lowest BCUT2D eigenvalue weighted by Gasteiger charge is -2.35. The Morgan fingerprint density at radius 3 is 2.47 bits per heavy atom. The molecular formula is C21H22O9. The van der Waals surface area contributed by atoms with E-state index in [1.54, 1.807) is 30.3 Å². The van der Waals surface area contributed by atoms with Gasteiger partial charge in [-0.3, -0.25) is 4.79 Å². The molecular weight excluding hydrogens is 396 g/mol. The maximum absolute atomic E-state index is 12.5. The van der Waals surface area contributed by atoms with Crippen molar-refractivity contribution in [2.24, 2.45) is 0 Å². The van der Waals surface area contributed by atoms with E-state index in [1.807, 2.05) is 0 Å². The number of rotatable bonds is 4. The fraction of sp³-hybridized carbons (Fsp3) is 0.381. The van der Waals surface area contributed by atoms with Crippen LogP contribution in [0.1, 0.15) is 28.4 Å². The normalized spacial score (nSPS) is 28.4. The summed E-state index contributed by atoms with van der Waals surface area (Å²) in [6.07, 6.45) is -5.56. The third-order valence-electron chi connectivity index (χ3n) is 5.17. The van der Waals surface area contributed by atoms with Crippen LogP contribution in [0.3, 0.4) is 0 Å². The van der Waals surface area contributed by atoms with E-state index in [9.17, 15) is 25.2 Å². The fourth-order valence-corrected chi connectivity index (χ4v) is 3.50. The lowest BCUT2D eigenvalue weighted by atomic mass is 9.95. The van der Waals surface area contributed by atoms with Gasteiger partial charge >= 0.3 is 0 Å². The third kappa shape index (κ3) is 3.80. The number of carbonyl (C=O) groups is 1. The van der Waals surface area contributed by atoms with Crippen molar-refractivity contribution in [3.8, 4) is 23.0 Å². The van der Waals surface area contributed by atoms with Crippen LogP contribution in [0.5, 0.6) is 23.0 Å². The molecule has 2 aromatic carbocycles. The number of carbonyl (C=O) groups excluding carboxylic acids is 1. The van der Waals surface area contributed by atoms with Crippen molar-refractivity contribution >= 4 is 5.78 Å². The molecule has 0 amide bonds. The molecule has 160 valence electrons. The standard InChI is InChI=1S/C21H22O9/c1-27-12-6-13(22)18-14(23)8-16(30-17(18)7-12)10-2-4-11(5-3-10)29-21-20(26)19(25)15(24)9-28-21/h2-7,15-16,19-22,24-26H,8-9H2,1H3. The number of fused-ring (bicyclic) bond motifs is 1. The van der Waals surface area contributed by atoms with Gasteiger partial charge in [-0.15, -0.1) is 0 Å². The van der Waals surface area contributed by atoms with Crippen molar-refractivity contribution in [1.82, 2.24) is 0 Å². The molecule has 2 heterocycles. The predicted octanol–water partition coefficient (Wildman–Crippen LogP) is 0.925. The monoisotopic (exact) mass is 418 g/mol.